The summed E-state index contributed by atoms with van der Waals surface area (Å²) in [6.07, 6.45) is 1.60. The van der Waals surface area contributed by atoms with Crippen molar-refractivity contribution in [1.82, 2.24) is 10.2 Å². The molecule has 2 aromatic rings. The van der Waals surface area contributed by atoms with Crippen LogP contribution in [0.3, 0.4) is 0 Å². The number of carbonyl (C=O) groups excluding carboxylic acids is 2. The molecule has 162 valence electrons. The minimum atomic E-state index is -0.491. The molecule has 0 aliphatic rings. The zero-order valence-electron chi connectivity index (χ0n) is 18.6. The van der Waals surface area contributed by atoms with Crippen molar-refractivity contribution in [3.63, 3.8) is 0 Å². The van der Waals surface area contributed by atoms with Crippen LogP contribution >= 0.6 is 11.8 Å². The molecule has 0 saturated carbocycles. The Bertz CT molecular complexity index is 810. The van der Waals surface area contributed by atoms with Gasteiger partial charge in [-0.15, -0.1) is 11.8 Å². The standard InChI is InChI=1S/C25H34N2O2S/c1-5-20(3)26-25(29)21(4)27(16-15-22-12-7-6-8-13-22)24(28)18-30-17-23-14-10-9-11-19(23)2/h6-14,20-21H,5,15-18H2,1-4H3,(H,26,29)/t20-,21-/m1/s1. The highest BCUT2D eigenvalue weighted by Gasteiger charge is 2.26. The van der Waals surface area contributed by atoms with E-state index < -0.39 is 6.04 Å². The molecular weight excluding hydrogens is 392 g/mol. The number of benzene rings is 2. The highest BCUT2D eigenvalue weighted by molar-refractivity contribution is 7.99. The Hall–Kier alpha value is -2.27. The van der Waals surface area contributed by atoms with E-state index in [1.54, 1.807) is 16.7 Å². The molecule has 2 aromatic carbocycles. The van der Waals surface area contributed by atoms with Crippen LogP contribution < -0.4 is 5.32 Å². The van der Waals surface area contributed by atoms with Crippen molar-refractivity contribution in [2.24, 2.45) is 0 Å². The van der Waals surface area contributed by atoms with E-state index in [9.17, 15) is 9.59 Å². The first-order valence-electron chi connectivity index (χ1n) is 10.7. The van der Waals surface area contributed by atoms with Gasteiger partial charge >= 0.3 is 0 Å². The van der Waals surface area contributed by atoms with E-state index in [0.29, 0.717) is 12.3 Å². The molecule has 30 heavy (non-hydrogen) atoms. The molecule has 2 rings (SSSR count). The van der Waals surface area contributed by atoms with Gasteiger partial charge in [0.1, 0.15) is 6.04 Å². The average Bonchev–Trinajstić information content (AvgIpc) is 2.75. The predicted octanol–water partition coefficient (Wildman–Crippen LogP) is 4.60. The minimum Gasteiger partial charge on any atom is -0.352 e. The lowest BCUT2D eigenvalue weighted by atomic mass is 10.1. The second-order valence-electron chi connectivity index (χ2n) is 7.74. The summed E-state index contributed by atoms with van der Waals surface area (Å²) in [6, 6.07) is 17.9. The smallest absolute Gasteiger partial charge is 0.242 e. The van der Waals surface area contributed by atoms with Crippen LogP contribution in [0, 0.1) is 6.92 Å². The van der Waals surface area contributed by atoms with Gasteiger partial charge in [-0.25, -0.2) is 0 Å². The molecule has 5 heteroatoms. The number of amides is 2. The van der Waals surface area contributed by atoms with Crippen LogP contribution in [0.5, 0.6) is 0 Å². The summed E-state index contributed by atoms with van der Waals surface area (Å²) in [6.45, 7) is 8.47. The molecule has 0 saturated heterocycles. The summed E-state index contributed by atoms with van der Waals surface area (Å²) < 4.78 is 0. The van der Waals surface area contributed by atoms with Gasteiger partial charge in [0.25, 0.3) is 0 Å². The first kappa shape index (κ1) is 24.0. The van der Waals surface area contributed by atoms with E-state index in [4.69, 9.17) is 0 Å². The van der Waals surface area contributed by atoms with Crippen molar-refractivity contribution in [3.8, 4) is 0 Å². The van der Waals surface area contributed by atoms with Crippen molar-refractivity contribution >= 4 is 23.6 Å². The lowest BCUT2D eigenvalue weighted by Crippen LogP contribution is -2.51. The van der Waals surface area contributed by atoms with Gasteiger partial charge in [0.05, 0.1) is 5.75 Å². The summed E-state index contributed by atoms with van der Waals surface area (Å²) in [7, 11) is 0. The molecule has 2 amide bonds. The van der Waals surface area contributed by atoms with Crippen molar-refractivity contribution in [3.05, 3.63) is 71.3 Å². The van der Waals surface area contributed by atoms with Crippen LogP contribution in [0.2, 0.25) is 0 Å². The molecule has 0 fully saturated rings. The van der Waals surface area contributed by atoms with Crippen LogP contribution in [0.15, 0.2) is 54.6 Å². The van der Waals surface area contributed by atoms with Gasteiger partial charge in [-0.2, -0.15) is 0 Å². The van der Waals surface area contributed by atoms with Gasteiger partial charge < -0.3 is 10.2 Å². The predicted molar refractivity (Wildman–Crippen MR) is 127 cm³/mol. The van der Waals surface area contributed by atoms with Crippen LogP contribution in [-0.4, -0.2) is 41.1 Å². The maximum atomic E-state index is 13.1. The van der Waals surface area contributed by atoms with Crippen molar-refractivity contribution in [2.75, 3.05) is 12.3 Å². The Balaban J connectivity index is 2.01. The highest BCUT2D eigenvalue weighted by atomic mass is 32.2. The molecule has 1 N–H and O–H groups in total. The second-order valence-corrected chi connectivity index (χ2v) is 8.72. The zero-order valence-corrected chi connectivity index (χ0v) is 19.4. The van der Waals surface area contributed by atoms with E-state index in [2.05, 4.69) is 36.5 Å². The SMILES string of the molecule is CC[C@@H](C)NC(=O)[C@@H](C)N(CCc1ccccc1)C(=O)CSCc1ccccc1C. The molecular formula is C25H34N2O2S. The van der Waals surface area contributed by atoms with Crippen LogP contribution in [0.1, 0.15) is 43.9 Å². The Morgan fingerprint density at radius 2 is 1.70 bits per heavy atom. The second kappa shape index (κ2) is 12.4. The molecule has 0 radical (unpaired) electrons. The Morgan fingerprint density at radius 3 is 2.37 bits per heavy atom. The van der Waals surface area contributed by atoms with Crippen molar-refractivity contribution < 1.29 is 9.59 Å². The lowest BCUT2D eigenvalue weighted by Gasteiger charge is -2.29. The number of carbonyl (C=O) groups is 2. The van der Waals surface area contributed by atoms with E-state index in [1.165, 1.54) is 11.1 Å². The zero-order chi connectivity index (χ0) is 21.9. The number of hydrogen-bond donors (Lipinski definition) is 1. The van der Waals surface area contributed by atoms with Gasteiger partial charge in [0, 0.05) is 18.3 Å². The van der Waals surface area contributed by atoms with Crippen LogP contribution in [-0.2, 0) is 21.8 Å². The first-order valence-corrected chi connectivity index (χ1v) is 11.8. The molecule has 0 spiro atoms. The summed E-state index contributed by atoms with van der Waals surface area (Å²) in [5.41, 5.74) is 3.64. The minimum absolute atomic E-state index is 0.0105. The summed E-state index contributed by atoms with van der Waals surface area (Å²) in [5.74, 6) is 1.08. The molecule has 4 nitrogen and oxygen atoms in total. The molecule has 0 aliphatic carbocycles. The normalized spacial score (nSPS) is 12.8. The third-order valence-corrected chi connectivity index (χ3v) is 6.36. The van der Waals surface area contributed by atoms with E-state index in [1.807, 2.05) is 51.1 Å². The number of aryl methyl sites for hydroxylation is 1. The van der Waals surface area contributed by atoms with Crippen LogP contribution in [0.25, 0.3) is 0 Å². The molecule has 0 aliphatic heterocycles. The number of nitrogens with one attached hydrogen (secondary N) is 1. The maximum absolute atomic E-state index is 13.1. The van der Waals surface area contributed by atoms with E-state index in [-0.39, 0.29) is 17.9 Å². The Labute approximate surface area is 185 Å². The fraction of sp³-hybridized carbons (Fsp3) is 0.440. The summed E-state index contributed by atoms with van der Waals surface area (Å²) in [5, 5.41) is 3.01. The number of hydrogen-bond acceptors (Lipinski definition) is 3. The molecule has 2 atom stereocenters. The Kier molecular flexibility index (Phi) is 9.95. The summed E-state index contributed by atoms with van der Waals surface area (Å²) >= 11 is 1.60. The largest absolute Gasteiger partial charge is 0.352 e. The van der Waals surface area contributed by atoms with Crippen molar-refractivity contribution in [2.45, 2.75) is 58.4 Å². The number of rotatable bonds is 11. The summed E-state index contributed by atoms with van der Waals surface area (Å²) in [4.78, 5) is 27.5. The van der Waals surface area contributed by atoms with Crippen molar-refractivity contribution in [1.29, 1.82) is 0 Å². The third-order valence-electron chi connectivity index (χ3n) is 5.40. The highest BCUT2D eigenvalue weighted by Crippen LogP contribution is 2.17. The lowest BCUT2D eigenvalue weighted by molar-refractivity contribution is -0.138. The fourth-order valence-corrected chi connectivity index (χ4v) is 4.13. The first-order chi connectivity index (χ1) is 14.4. The monoisotopic (exact) mass is 426 g/mol. The molecule has 0 unspecified atom stereocenters. The molecule has 0 aromatic heterocycles. The topological polar surface area (TPSA) is 49.4 Å². The van der Waals surface area contributed by atoms with E-state index >= 15 is 0 Å². The average molecular weight is 427 g/mol. The Morgan fingerprint density at radius 1 is 1.03 bits per heavy atom. The van der Waals surface area contributed by atoms with Gasteiger partial charge in [0.2, 0.25) is 11.8 Å². The van der Waals surface area contributed by atoms with E-state index in [0.717, 1.165) is 24.2 Å². The molecule has 0 heterocycles. The van der Waals surface area contributed by atoms with Gasteiger partial charge in [0.15, 0.2) is 0 Å². The van der Waals surface area contributed by atoms with Gasteiger partial charge in [-0.3, -0.25) is 9.59 Å². The van der Waals surface area contributed by atoms with Gasteiger partial charge in [-0.1, -0.05) is 61.5 Å². The molecule has 0 bridgehead atoms. The third kappa shape index (κ3) is 7.52. The van der Waals surface area contributed by atoms with Gasteiger partial charge in [-0.05, 0) is 50.3 Å². The number of thioether (sulfide) groups is 1. The number of nitrogens with zero attached hydrogens (tertiary/aromatic N) is 1. The quantitative estimate of drug-likeness (QED) is 0.571. The fourth-order valence-electron chi connectivity index (χ4n) is 3.14. The maximum Gasteiger partial charge on any atom is 0.242 e. The van der Waals surface area contributed by atoms with Crippen LogP contribution in [0.4, 0.5) is 0 Å².